The topological polar surface area (TPSA) is 96.6 Å². The highest BCUT2D eigenvalue weighted by molar-refractivity contribution is 7.98. The first kappa shape index (κ1) is 23.8. The lowest BCUT2D eigenvalue weighted by Crippen LogP contribution is -2.51. The van der Waals surface area contributed by atoms with Gasteiger partial charge in [-0.2, -0.15) is 11.8 Å². The summed E-state index contributed by atoms with van der Waals surface area (Å²) in [5.74, 6) is -0.414. The number of hydrogen-bond acceptors (Lipinski definition) is 6. The molecular weight excluding hydrogens is 449 g/mol. The van der Waals surface area contributed by atoms with E-state index in [1.807, 2.05) is 6.26 Å². The van der Waals surface area contributed by atoms with E-state index >= 15 is 0 Å². The third kappa shape index (κ3) is 5.47. The number of imidazole rings is 1. The average Bonchev–Trinajstić information content (AvgIpc) is 3.23. The number of alkyl halides is 3. The fraction of sp³-hybridized carbons (Fsp3) is 0.450. The molecule has 1 aliphatic heterocycles. The zero-order valence-electron chi connectivity index (χ0n) is 17.4. The maximum absolute atomic E-state index is 13.2. The number of amides is 2. The van der Waals surface area contributed by atoms with Crippen LogP contribution in [-0.4, -0.2) is 64.9 Å². The van der Waals surface area contributed by atoms with E-state index in [0.717, 1.165) is 0 Å². The van der Waals surface area contributed by atoms with Gasteiger partial charge in [-0.3, -0.25) is 0 Å². The van der Waals surface area contributed by atoms with E-state index < -0.39 is 36.2 Å². The summed E-state index contributed by atoms with van der Waals surface area (Å²) in [5.41, 5.74) is 1.27. The molecule has 0 radical (unpaired) electrons. The molecule has 1 aliphatic rings. The Morgan fingerprint density at radius 3 is 2.81 bits per heavy atom. The molecule has 0 fully saturated rings. The van der Waals surface area contributed by atoms with Crippen molar-refractivity contribution in [2.75, 3.05) is 25.7 Å². The molecule has 32 heavy (non-hydrogen) atoms. The Bertz CT molecular complexity index is 953. The molecule has 8 nitrogen and oxygen atoms in total. The smallest absolute Gasteiger partial charge is 0.467 e. The number of nitrogens with zero attached hydrogens (tertiary/aromatic N) is 2. The SMILES string of the molecule is COC(=O)[C@@H](CCSC)NC(=O)N1CCc2[nH]cnc2[C@@H]1c1ccccc1OC(F)(F)F. The highest BCUT2D eigenvalue weighted by Crippen LogP contribution is 2.39. The summed E-state index contributed by atoms with van der Waals surface area (Å²) >= 11 is 1.51. The highest BCUT2D eigenvalue weighted by Gasteiger charge is 2.39. The molecule has 0 unspecified atom stereocenters. The standard InChI is InChI=1S/C20H23F3N4O4S/c1-30-18(28)14(8-10-32-2)26-19(29)27-9-7-13-16(25-11-24-13)17(27)12-5-3-4-6-15(12)31-20(21,22)23/h3-6,11,14,17H,7-10H2,1-2H3,(H,24,25)(H,26,29)/t14-,17+/m1/s1. The molecule has 0 aliphatic carbocycles. The molecule has 0 spiro atoms. The monoisotopic (exact) mass is 472 g/mol. The number of halogens is 3. The fourth-order valence-corrected chi connectivity index (χ4v) is 4.06. The maximum atomic E-state index is 13.2. The van der Waals surface area contributed by atoms with Crippen LogP contribution in [0.15, 0.2) is 30.6 Å². The second kappa shape index (κ2) is 10.2. The number of thioether (sulfide) groups is 1. The van der Waals surface area contributed by atoms with Gasteiger partial charge >= 0.3 is 18.4 Å². The van der Waals surface area contributed by atoms with E-state index in [2.05, 4.69) is 20.0 Å². The lowest BCUT2D eigenvalue weighted by molar-refractivity contribution is -0.275. The first-order valence-corrected chi connectivity index (χ1v) is 11.1. The lowest BCUT2D eigenvalue weighted by Gasteiger charge is -2.36. The molecule has 2 N–H and O–H groups in total. The molecule has 2 heterocycles. The van der Waals surface area contributed by atoms with Gasteiger partial charge in [0.05, 0.1) is 19.1 Å². The number of H-pyrrole nitrogens is 1. The molecule has 0 saturated heterocycles. The third-order valence-corrected chi connectivity index (χ3v) is 5.66. The van der Waals surface area contributed by atoms with Crippen molar-refractivity contribution < 1.29 is 32.2 Å². The van der Waals surface area contributed by atoms with Crippen LogP contribution in [-0.2, 0) is 16.0 Å². The second-order valence-corrected chi connectivity index (χ2v) is 7.99. The number of benzene rings is 1. The van der Waals surface area contributed by atoms with E-state index in [4.69, 9.17) is 4.74 Å². The van der Waals surface area contributed by atoms with E-state index in [1.54, 1.807) is 6.07 Å². The molecular formula is C20H23F3N4O4S. The van der Waals surface area contributed by atoms with Crippen molar-refractivity contribution in [2.24, 2.45) is 0 Å². The second-order valence-electron chi connectivity index (χ2n) is 7.00. The molecule has 3 rings (SSSR count). The van der Waals surface area contributed by atoms with Crippen molar-refractivity contribution in [3.05, 3.63) is 47.5 Å². The Labute approximate surface area is 186 Å². The van der Waals surface area contributed by atoms with E-state index in [0.29, 0.717) is 30.0 Å². The Kier molecular flexibility index (Phi) is 7.54. The van der Waals surface area contributed by atoms with Crippen LogP contribution in [0.1, 0.15) is 29.4 Å². The molecule has 1 aromatic heterocycles. The summed E-state index contributed by atoms with van der Waals surface area (Å²) < 4.78 is 48.0. The number of aromatic nitrogens is 2. The molecule has 2 atom stereocenters. The van der Waals surface area contributed by atoms with Crippen molar-refractivity contribution in [1.82, 2.24) is 20.2 Å². The minimum Gasteiger partial charge on any atom is -0.467 e. The summed E-state index contributed by atoms with van der Waals surface area (Å²) in [6.07, 6.45) is -0.829. The van der Waals surface area contributed by atoms with Gasteiger partial charge in [0, 0.05) is 24.2 Å². The van der Waals surface area contributed by atoms with Gasteiger partial charge in [0.15, 0.2) is 0 Å². The number of esters is 1. The highest BCUT2D eigenvalue weighted by atomic mass is 32.2. The fourth-order valence-electron chi connectivity index (χ4n) is 3.59. The predicted molar refractivity (Wildman–Crippen MR) is 111 cm³/mol. The predicted octanol–water partition coefficient (Wildman–Crippen LogP) is 3.26. The number of hydrogen-bond donors (Lipinski definition) is 2. The van der Waals surface area contributed by atoms with E-state index in [9.17, 15) is 22.8 Å². The average molecular weight is 472 g/mol. The summed E-state index contributed by atoms with van der Waals surface area (Å²) in [4.78, 5) is 33.9. The van der Waals surface area contributed by atoms with Crippen LogP contribution in [0.3, 0.4) is 0 Å². The van der Waals surface area contributed by atoms with Crippen LogP contribution < -0.4 is 10.1 Å². The quantitative estimate of drug-likeness (QED) is 0.601. The van der Waals surface area contributed by atoms with Crippen molar-refractivity contribution in [3.8, 4) is 5.75 Å². The van der Waals surface area contributed by atoms with Crippen molar-refractivity contribution in [2.45, 2.75) is 31.3 Å². The number of carbonyl (C=O) groups excluding carboxylic acids is 2. The van der Waals surface area contributed by atoms with E-state index in [-0.39, 0.29) is 12.1 Å². The Morgan fingerprint density at radius 1 is 1.38 bits per heavy atom. The number of rotatable bonds is 7. The molecule has 2 aromatic rings. The van der Waals surface area contributed by atoms with Gasteiger partial charge in [-0.25, -0.2) is 14.6 Å². The van der Waals surface area contributed by atoms with Crippen LogP contribution in [0.5, 0.6) is 5.75 Å². The number of nitrogens with one attached hydrogen (secondary N) is 2. The van der Waals surface area contributed by atoms with Crippen LogP contribution in [0, 0.1) is 0 Å². The maximum Gasteiger partial charge on any atom is 0.573 e. The normalized spacial score (nSPS) is 16.8. The van der Waals surface area contributed by atoms with Gasteiger partial charge in [-0.1, -0.05) is 18.2 Å². The summed E-state index contributed by atoms with van der Waals surface area (Å²) in [5, 5.41) is 2.66. The summed E-state index contributed by atoms with van der Waals surface area (Å²) in [7, 11) is 1.23. The third-order valence-electron chi connectivity index (χ3n) is 5.02. The number of fused-ring (bicyclic) bond motifs is 1. The van der Waals surface area contributed by atoms with Crippen LogP contribution in [0.25, 0.3) is 0 Å². The van der Waals surface area contributed by atoms with Crippen molar-refractivity contribution >= 4 is 23.8 Å². The number of aromatic amines is 1. The van der Waals surface area contributed by atoms with Gasteiger partial charge in [0.2, 0.25) is 0 Å². The molecule has 174 valence electrons. The van der Waals surface area contributed by atoms with Gasteiger partial charge < -0.3 is 24.7 Å². The van der Waals surface area contributed by atoms with Crippen LogP contribution in [0.2, 0.25) is 0 Å². The molecule has 2 amide bonds. The summed E-state index contributed by atoms with van der Waals surface area (Å²) in [6, 6.07) is 3.19. The minimum absolute atomic E-state index is 0.131. The van der Waals surface area contributed by atoms with Crippen LogP contribution >= 0.6 is 11.8 Å². The zero-order chi connectivity index (χ0) is 23.3. The van der Waals surface area contributed by atoms with Gasteiger partial charge in [-0.15, -0.1) is 13.2 Å². The van der Waals surface area contributed by atoms with Crippen LogP contribution in [0.4, 0.5) is 18.0 Å². The molecule has 1 aromatic carbocycles. The lowest BCUT2D eigenvalue weighted by atomic mass is 9.95. The Balaban J connectivity index is 1.96. The van der Waals surface area contributed by atoms with Gasteiger partial charge in [-0.05, 0) is 24.5 Å². The summed E-state index contributed by atoms with van der Waals surface area (Å²) in [6.45, 7) is 0.197. The Morgan fingerprint density at radius 2 is 2.12 bits per heavy atom. The molecule has 0 bridgehead atoms. The van der Waals surface area contributed by atoms with Crippen molar-refractivity contribution in [3.63, 3.8) is 0 Å². The van der Waals surface area contributed by atoms with Gasteiger partial charge in [0.25, 0.3) is 0 Å². The number of urea groups is 1. The minimum atomic E-state index is -4.90. The van der Waals surface area contributed by atoms with Gasteiger partial charge in [0.1, 0.15) is 17.8 Å². The first-order valence-electron chi connectivity index (χ1n) is 9.76. The first-order chi connectivity index (χ1) is 15.2. The number of carbonyl (C=O) groups is 2. The van der Waals surface area contributed by atoms with E-state index in [1.165, 1.54) is 48.3 Å². The number of para-hydroxylation sites is 1. The number of methoxy groups -OCH3 is 1. The largest absolute Gasteiger partial charge is 0.573 e. The number of ether oxygens (including phenoxy) is 2. The van der Waals surface area contributed by atoms with Crippen molar-refractivity contribution in [1.29, 1.82) is 0 Å². The molecule has 12 heteroatoms. The zero-order valence-corrected chi connectivity index (χ0v) is 18.3. The molecule has 0 saturated carbocycles. The Hall–Kier alpha value is -2.89.